The van der Waals surface area contributed by atoms with Gasteiger partial charge in [-0.3, -0.25) is 4.99 Å². The fraction of sp³-hybridized carbons (Fsp3) is 0.304. The van der Waals surface area contributed by atoms with Crippen LogP contribution in [0.3, 0.4) is 0 Å². The van der Waals surface area contributed by atoms with Crippen molar-refractivity contribution < 1.29 is 13.2 Å². The lowest BCUT2D eigenvalue weighted by molar-refractivity contribution is -0.139. The van der Waals surface area contributed by atoms with Crippen LogP contribution in [0.2, 0.25) is 10.0 Å². The van der Waals surface area contributed by atoms with Crippen LogP contribution < -0.4 is 5.32 Å². The van der Waals surface area contributed by atoms with Crippen LogP contribution in [0.1, 0.15) is 36.8 Å². The lowest BCUT2D eigenvalue weighted by Crippen LogP contribution is -2.18. The molecule has 31 heavy (non-hydrogen) atoms. The third-order valence-corrected chi connectivity index (χ3v) is 5.04. The molecular formula is C23H24Cl2F3N3. The maximum Gasteiger partial charge on any atom is 0.399 e. The molecule has 0 aliphatic carbocycles. The summed E-state index contributed by atoms with van der Waals surface area (Å²) in [7, 11) is 1.73. The largest absolute Gasteiger partial charge is 0.399 e. The van der Waals surface area contributed by atoms with Gasteiger partial charge in [0.05, 0.1) is 17.3 Å². The van der Waals surface area contributed by atoms with E-state index in [2.05, 4.69) is 10.3 Å². The number of nitrogens with one attached hydrogen (secondary N) is 2. The number of allylic oxidation sites excluding steroid dienone is 1. The molecule has 0 saturated heterocycles. The predicted octanol–water partition coefficient (Wildman–Crippen LogP) is 8.16. The van der Waals surface area contributed by atoms with E-state index in [-0.39, 0.29) is 21.5 Å². The zero-order chi connectivity index (χ0) is 23.0. The van der Waals surface area contributed by atoms with Gasteiger partial charge in [0.1, 0.15) is 0 Å². The summed E-state index contributed by atoms with van der Waals surface area (Å²) in [6.45, 7) is 2.02. The number of nitrogens with zero attached hydrogens (tertiary/aromatic N) is 1. The van der Waals surface area contributed by atoms with Gasteiger partial charge < -0.3 is 10.7 Å². The van der Waals surface area contributed by atoms with Crippen molar-refractivity contribution in [1.82, 2.24) is 0 Å². The summed E-state index contributed by atoms with van der Waals surface area (Å²) >= 11 is 11.8. The number of hydrogen-bond donors (Lipinski definition) is 2. The van der Waals surface area contributed by atoms with Crippen LogP contribution in [-0.2, 0) is 0 Å². The second kappa shape index (κ2) is 11.3. The van der Waals surface area contributed by atoms with Crippen LogP contribution in [0.25, 0.3) is 6.08 Å². The average Bonchev–Trinajstić information content (AvgIpc) is 2.69. The summed E-state index contributed by atoms with van der Waals surface area (Å²) in [5.74, 6) is -1.63. The molecule has 0 saturated carbocycles. The van der Waals surface area contributed by atoms with Gasteiger partial charge in [-0.2, -0.15) is 13.2 Å². The van der Waals surface area contributed by atoms with Crippen LogP contribution in [-0.4, -0.2) is 25.7 Å². The quantitative estimate of drug-likeness (QED) is 0.357. The molecule has 0 bridgehead atoms. The van der Waals surface area contributed by atoms with Crippen molar-refractivity contribution in [2.75, 3.05) is 12.4 Å². The van der Waals surface area contributed by atoms with E-state index in [9.17, 15) is 13.2 Å². The zero-order valence-electron chi connectivity index (χ0n) is 17.2. The van der Waals surface area contributed by atoms with Crippen molar-refractivity contribution in [1.29, 1.82) is 5.41 Å². The lowest BCUT2D eigenvalue weighted by atomic mass is 9.97. The van der Waals surface area contributed by atoms with Crippen LogP contribution >= 0.6 is 23.2 Å². The van der Waals surface area contributed by atoms with Gasteiger partial charge >= 0.3 is 6.18 Å². The first-order chi connectivity index (χ1) is 14.6. The lowest BCUT2D eigenvalue weighted by Gasteiger charge is -2.18. The standard InChI is InChI=1S/C23H24Cl2F3N3/c1-15(4-3-9-29)14-31-21-8-6-16(10-22(21)30-2)5-7-20(23(26,27)28)17-11-18(24)13-19(25)12-17/h5-15,20,29-30H,3-4H2,1-2H3. The van der Waals surface area contributed by atoms with Gasteiger partial charge in [0.2, 0.25) is 0 Å². The van der Waals surface area contributed by atoms with E-state index in [0.29, 0.717) is 23.4 Å². The summed E-state index contributed by atoms with van der Waals surface area (Å²) < 4.78 is 41.0. The molecule has 8 heteroatoms. The molecule has 2 aromatic carbocycles. The van der Waals surface area contributed by atoms with Crippen molar-refractivity contribution in [3.63, 3.8) is 0 Å². The normalized spacial score (nSPS) is 14.2. The second-order valence-corrected chi connectivity index (χ2v) is 8.02. The minimum Gasteiger partial charge on any atom is -0.386 e. The smallest absolute Gasteiger partial charge is 0.386 e. The van der Waals surface area contributed by atoms with E-state index in [1.165, 1.54) is 30.5 Å². The van der Waals surface area contributed by atoms with Gasteiger partial charge in [0.25, 0.3) is 0 Å². The highest BCUT2D eigenvalue weighted by molar-refractivity contribution is 6.34. The van der Waals surface area contributed by atoms with Gasteiger partial charge in [0, 0.05) is 23.3 Å². The molecule has 2 aromatic rings. The Morgan fingerprint density at radius 3 is 2.39 bits per heavy atom. The molecule has 166 valence electrons. The highest BCUT2D eigenvalue weighted by Gasteiger charge is 2.39. The number of halogens is 5. The maximum absolute atomic E-state index is 13.7. The van der Waals surface area contributed by atoms with Gasteiger partial charge in [-0.15, -0.1) is 0 Å². The molecule has 2 rings (SSSR count). The molecule has 2 unspecified atom stereocenters. The molecule has 0 radical (unpaired) electrons. The molecule has 2 atom stereocenters. The molecule has 0 aliphatic rings. The molecule has 0 fully saturated rings. The molecule has 0 spiro atoms. The van der Waals surface area contributed by atoms with Crippen molar-refractivity contribution >= 4 is 53.1 Å². The average molecular weight is 470 g/mol. The van der Waals surface area contributed by atoms with Gasteiger partial charge in [-0.1, -0.05) is 48.3 Å². The van der Waals surface area contributed by atoms with E-state index in [0.717, 1.165) is 12.5 Å². The van der Waals surface area contributed by atoms with Crippen molar-refractivity contribution in [2.45, 2.75) is 31.9 Å². The van der Waals surface area contributed by atoms with E-state index in [1.807, 2.05) is 13.1 Å². The monoisotopic (exact) mass is 469 g/mol. The van der Waals surface area contributed by atoms with E-state index >= 15 is 0 Å². The highest BCUT2D eigenvalue weighted by Crippen LogP contribution is 2.38. The summed E-state index contributed by atoms with van der Waals surface area (Å²) in [5, 5.41) is 10.4. The molecule has 0 aromatic heterocycles. The first-order valence-electron chi connectivity index (χ1n) is 9.70. The van der Waals surface area contributed by atoms with E-state index in [4.69, 9.17) is 28.6 Å². The maximum atomic E-state index is 13.7. The Morgan fingerprint density at radius 1 is 1.13 bits per heavy atom. The van der Waals surface area contributed by atoms with Crippen molar-refractivity contribution in [3.05, 3.63) is 63.6 Å². The van der Waals surface area contributed by atoms with Crippen LogP contribution in [0.4, 0.5) is 24.5 Å². The fourth-order valence-electron chi connectivity index (χ4n) is 2.97. The van der Waals surface area contributed by atoms with Crippen LogP contribution in [0.5, 0.6) is 0 Å². The van der Waals surface area contributed by atoms with E-state index < -0.39 is 12.1 Å². The minimum atomic E-state index is -4.49. The third kappa shape index (κ3) is 7.71. The first-order valence-corrected chi connectivity index (χ1v) is 10.5. The Kier molecular flexibility index (Phi) is 9.14. The van der Waals surface area contributed by atoms with Crippen LogP contribution in [0.15, 0.2) is 47.5 Å². The molecule has 0 aliphatic heterocycles. The minimum absolute atomic E-state index is 0.0183. The highest BCUT2D eigenvalue weighted by atomic mass is 35.5. The second-order valence-electron chi connectivity index (χ2n) is 7.14. The third-order valence-electron chi connectivity index (χ3n) is 4.60. The zero-order valence-corrected chi connectivity index (χ0v) is 18.7. The molecule has 3 nitrogen and oxygen atoms in total. The Bertz CT molecular complexity index is 935. The summed E-state index contributed by atoms with van der Waals surface area (Å²) in [6.07, 6.45) is 2.73. The molecular weight excluding hydrogens is 446 g/mol. The number of hydrogen-bond acceptors (Lipinski definition) is 3. The first kappa shape index (κ1) is 25.0. The Morgan fingerprint density at radius 2 is 1.81 bits per heavy atom. The van der Waals surface area contributed by atoms with Crippen LogP contribution in [0, 0.1) is 11.3 Å². The van der Waals surface area contributed by atoms with Crippen molar-refractivity contribution in [2.24, 2.45) is 10.9 Å². The number of alkyl halides is 3. The Balaban J connectivity index is 2.28. The SMILES string of the molecule is CNc1cc(C=CC(c2cc(Cl)cc(Cl)c2)C(F)(F)F)ccc1N=CC(C)CCC=N. The topological polar surface area (TPSA) is 48.2 Å². The Labute approximate surface area is 190 Å². The van der Waals surface area contributed by atoms with Gasteiger partial charge in [-0.25, -0.2) is 0 Å². The van der Waals surface area contributed by atoms with E-state index in [1.54, 1.807) is 25.2 Å². The van der Waals surface area contributed by atoms with Gasteiger partial charge in [0.15, 0.2) is 0 Å². The number of rotatable bonds is 9. The molecule has 0 heterocycles. The Hall–Kier alpha value is -2.31. The number of benzene rings is 2. The molecule has 2 N–H and O–H groups in total. The van der Waals surface area contributed by atoms with Gasteiger partial charge in [-0.05, 0) is 66.4 Å². The van der Waals surface area contributed by atoms with Crippen molar-refractivity contribution in [3.8, 4) is 0 Å². The predicted molar refractivity (Wildman–Crippen MR) is 126 cm³/mol. The fourth-order valence-corrected chi connectivity index (χ4v) is 3.51. The summed E-state index contributed by atoms with van der Waals surface area (Å²) in [5.41, 5.74) is 1.97. The summed E-state index contributed by atoms with van der Waals surface area (Å²) in [4.78, 5) is 4.48. The summed E-state index contributed by atoms with van der Waals surface area (Å²) in [6, 6.07) is 9.14. The number of anilines is 1. The number of aliphatic imine (C=N–C) groups is 1. The molecule has 0 amide bonds.